The van der Waals surface area contributed by atoms with Crippen molar-refractivity contribution in [3.63, 3.8) is 0 Å². The molecule has 0 radical (unpaired) electrons. The third-order valence-electron chi connectivity index (χ3n) is 5.80. The zero-order chi connectivity index (χ0) is 21.5. The van der Waals surface area contributed by atoms with Crippen molar-refractivity contribution in [2.75, 3.05) is 45.9 Å². The Bertz CT molecular complexity index is 851. The molecule has 8 nitrogen and oxygen atoms in total. The molecule has 1 amide bonds. The van der Waals surface area contributed by atoms with E-state index < -0.39 is 0 Å². The van der Waals surface area contributed by atoms with Crippen LogP contribution >= 0.6 is 0 Å². The summed E-state index contributed by atoms with van der Waals surface area (Å²) in [5.41, 5.74) is 2.31. The van der Waals surface area contributed by atoms with Gasteiger partial charge < -0.3 is 19.9 Å². The predicted octanol–water partition coefficient (Wildman–Crippen LogP) is 1.70. The van der Waals surface area contributed by atoms with Gasteiger partial charge in [0.05, 0.1) is 5.69 Å². The quantitative estimate of drug-likeness (QED) is 0.564. The summed E-state index contributed by atoms with van der Waals surface area (Å²) in [5, 5.41) is 7.66. The van der Waals surface area contributed by atoms with Crippen LogP contribution in [0.4, 0.5) is 0 Å². The van der Waals surface area contributed by atoms with E-state index in [0.29, 0.717) is 6.61 Å². The third kappa shape index (κ3) is 5.44. The van der Waals surface area contributed by atoms with Crippen LogP contribution in [0.1, 0.15) is 25.3 Å². The van der Waals surface area contributed by atoms with E-state index in [1.54, 1.807) is 6.20 Å². The Morgan fingerprint density at radius 3 is 2.61 bits per heavy atom. The Balaban J connectivity index is 1.28. The number of piperazine rings is 1. The van der Waals surface area contributed by atoms with Crippen LogP contribution in [0.25, 0.3) is 5.69 Å². The van der Waals surface area contributed by atoms with E-state index in [0.717, 1.165) is 70.2 Å². The van der Waals surface area contributed by atoms with Crippen LogP contribution in [0.3, 0.4) is 0 Å². The highest BCUT2D eigenvalue weighted by Crippen LogP contribution is 2.16. The summed E-state index contributed by atoms with van der Waals surface area (Å²) in [7, 11) is 0. The van der Waals surface area contributed by atoms with E-state index in [1.807, 2.05) is 21.8 Å². The highest BCUT2D eigenvalue weighted by atomic mass is 16.5. The maximum absolute atomic E-state index is 12.6. The average Bonchev–Trinajstić information content (AvgIpc) is 3.53. The number of ether oxygens (including phenoxy) is 1. The van der Waals surface area contributed by atoms with Gasteiger partial charge in [0, 0.05) is 58.3 Å². The highest BCUT2D eigenvalue weighted by Gasteiger charge is 2.30. The molecular formula is C23H32N6O2. The predicted molar refractivity (Wildman–Crippen MR) is 120 cm³/mol. The number of hydrogen-bond donors (Lipinski definition) is 1. The lowest BCUT2D eigenvalue weighted by molar-refractivity contribution is -0.142. The maximum Gasteiger partial charge on any atom is 0.251 e. The molecule has 0 spiro atoms. The minimum atomic E-state index is -0.229. The topological polar surface area (TPSA) is 75.0 Å². The molecule has 4 rings (SSSR count). The third-order valence-corrected chi connectivity index (χ3v) is 5.80. The van der Waals surface area contributed by atoms with Gasteiger partial charge >= 0.3 is 0 Å². The molecule has 3 heterocycles. The van der Waals surface area contributed by atoms with Crippen LogP contribution in [0.5, 0.6) is 0 Å². The van der Waals surface area contributed by atoms with Crippen LogP contribution in [0.2, 0.25) is 0 Å². The van der Waals surface area contributed by atoms with E-state index in [-0.39, 0.29) is 12.0 Å². The second-order valence-corrected chi connectivity index (χ2v) is 7.92. The molecule has 0 saturated carbocycles. The fraction of sp³-hybridized carbons (Fsp3) is 0.522. The molecule has 1 N–H and O–H groups in total. The highest BCUT2D eigenvalue weighted by molar-refractivity contribution is 5.82. The number of guanidine groups is 1. The molecule has 31 heavy (non-hydrogen) atoms. The lowest BCUT2D eigenvalue weighted by Gasteiger charge is -2.37. The first-order valence-electron chi connectivity index (χ1n) is 11.3. The van der Waals surface area contributed by atoms with Gasteiger partial charge in [0.1, 0.15) is 6.10 Å². The molecule has 1 aromatic heterocycles. The number of nitrogens with zero attached hydrogens (tertiary/aromatic N) is 5. The monoisotopic (exact) mass is 424 g/mol. The van der Waals surface area contributed by atoms with Crippen molar-refractivity contribution < 1.29 is 9.53 Å². The zero-order valence-electron chi connectivity index (χ0n) is 18.2. The van der Waals surface area contributed by atoms with Crippen LogP contribution in [0, 0.1) is 0 Å². The molecular weight excluding hydrogens is 392 g/mol. The summed E-state index contributed by atoms with van der Waals surface area (Å²) in [6.45, 7) is 7.37. The maximum atomic E-state index is 12.6. The Kier molecular flexibility index (Phi) is 7.19. The zero-order valence-corrected chi connectivity index (χ0v) is 18.2. The molecule has 8 heteroatoms. The molecule has 2 aromatic rings. The minimum absolute atomic E-state index is 0.151. The first-order valence-corrected chi connectivity index (χ1v) is 11.3. The average molecular weight is 425 g/mol. The Morgan fingerprint density at radius 2 is 1.97 bits per heavy atom. The summed E-state index contributed by atoms with van der Waals surface area (Å²) in [4.78, 5) is 21.6. The summed E-state index contributed by atoms with van der Waals surface area (Å²) in [6, 6.07) is 10.4. The Hall–Kier alpha value is -2.87. The van der Waals surface area contributed by atoms with Gasteiger partial charge in [-0.25, -0.2) is 4.68 Å². The number of hydrogen-bond acceptors (Lipinski definition) is 4. The molecule has 2 aliphatic heterocycles. The molecule has 1 aromatic carbocycles. The van der Waals surface area contributed by atoms with Crippen LogP contribution in [-0.4, -0.2) is 83.4 Å². The number of rotatable bonds is 6. The van der Waals surface area contributed by atoms with Gasteiger partial charge in [-0.1, -0.05) is 12.1 Å². The number of nitrogens with one attached hydrogen (secondary N) is 1. The van der Waals surface area contributed by atoms with Crippen molar-refractivity contribution >= 4 is 11.9 Å². The standard InChI is InChI=1S/C23H32N6O2/c1-2-24-23(28-16-14-27(15-17-28)22(30)21-5-3-18-31-21)25-12-10-19-6-8-20(9-7-19)29-13-4-11-26-29/h4,6-9,11,13,21H,2-3,5,10,12,14-18H2,1H3,(H,24,25). The van der Waals surface area contributed by atoms with Gasteiger partial charge in [-0.05, 0) is 49.9 Å². The van der Waals surface area contributed by atoms with E-state index in [2.05, 4.69) is 46.5 Å². The summed E-state index contributed by atoms with van der Waals surface area (Å²) in [6.07, 6.45) is 6.21. The fourth-order valence-corrected chi connectivity index (χ4v) is 4.07. The largest absolute Gasteiger partial charge is 0.368 e. The van der Waals surface area contributed by atoms with Gasteiger partial charge in [-0.15, -0.1) is 0 Å². The van der Waals surface area contributed by atoms with Gasteiger partial charge in [-0.2, -0.15) is 5.10 Å². The van der Waals surface area contributed by atoms with Gasteiger partial charge in [-0.3, -0.25) is 9.79 Å². The van der Waals surface area contributed by atoms with E-state index in [9.17, 15) is 4.79 Å². The molecule has 0 bridgehead atoms. The van der Waals surface area contributed by atoms with Crippen LogP contribution < -0.4 is 5.32 Å². The molecule has 2 fully saturated rings. The van der Waals surface area contributed by atoms with Crippen LogP contribution in [0.15, 0.2) is 47.7 Å². The lowest BCUT2D eigenvalue weighted by Crippen LogP contribution is -2.55. The van der Waals surface area contributed by atoms with Crippen molar-refractivity contribution in [3.05, 3.63) is 48.3 Å². The first-order chi connectivity index (χ1) is 15.2. The van der Waals surface area contributed by atoms with Crippen molar-refractivity contribution in [1.82, 2.24) is 24.9 Å². The van der Waals surface area contributed by atoms with Gasteiger partial charge in [0.2, 0.25) is 0 Å². The number of carbonyl (C=O) groups is 1. The lowest BCUT2D eigenvalue weighted by atomic mass is 10.1. The minimum Gasteiger partial charge on any atom is -0.368 e. The Labute approximate surface area is 183 Å². The normalized spacial score (nSPS) is 19.6. The molecule has 1 atom stereocenters. The second-order valence-electron chi connectivity index (χ2n) is 7.92. The van der Waals surface area contributed by atoms with E-state index >= 15 is 0 Å². The molecule has 2 aliphatic rings. The van der Waals surface area contributed by atoms with Crippen molar-refractivity contribution in [2.24, 2.45) is 4.99 Å². The number of carbonyl (C=O) groups excluding carboxylic acids is 1. The van der Waals surface area contributed by atoms with Crippen LogP contribution in [-0.2, 0) is 16.0 Å². The van der Waals surface area contributed by atoms with E-state index in [4.69, 9.17) is 9.73 Å². The first kappa shape index (κ1) is 21.4. The summed E-state index contributed by atoms with van der Waals surface area (Å²) >= 11 is 0. The van der Waals surface area contributed by atoms with Crippen molar-refractivity contribution in [2.45, 2.75) is 32.3 Å². The SMILES string of the molecule is CCNC(=NCCc1ccc(-n2cccn2)cc1)N1CCN(C(=O)C2CCCO2)CC1. The molecule has 0 aliphatic carbocycles. The molecule has 2 saturated heterocycles. The smallest absolute Gasteiger partial charge is 0.251 e. The number of amides is 1. The second kappa shape index (κ2) is 10.4. The number of aromatic nitrogens is 2. The number of benzene rings is 1. The number of aliphatic imine (C=N–C) groups is 1. The Morgan fingerprint density at radius 1 is 1.19 bits per heavy atom. The van der Waals surface area contributed by atoms with E-state index in [1.165, 1.54) is 5.56 Å². The van der Waals surface area contributed by atoms with Crippen molar-refractivity contribution in [1.29, 1.82) is 0 Å². The summed E-state index contributed by atoms with van der Waals surface area (Å²) in [5.74, 6) is 1.08. The van der Waals surface area contributed by atoms with Gasteiger partial charge in [0.15, 0.2) is 5.96 Å². The molecule has 166 valence electrons. The van der Waals surface area contributed by atoms with Gasteiger partial charge in [0.25, 0.3) is 5.91 Å². The van der Waals surface area contributed by atoms with Crippen molar-refractivity contribution in [3.8, 4) is 5.69 Å². The molecule has 1 unspecified atom stereocenters. The summed E-state index contributed by atoms with van der Waals surface area (Å²) < 4.78 is 7.41. The fourth-order valence-electron chi connectivity index (χ4n) is 4.07.